The Morgan fingerprint density at radius 3 is 2.84 bits per heavy atom. The summed E-state index contributed by atoms with van der Waals surface area (Å²) < 4.78 is 0. The number of piperazine rings is 1. The minimum atomic E-state index is 0.109. The lowest BCUT2D eigenvalue weighted by molar-refractivity contribution is -0.145. The van der Waals surface area contributed by atoms with Gasteiger partial charge in [0.1, 0.15) is 0 Å². The lowest BCUT2D eigenvalue weighted by Crippen LogP contribution is -2.52. The smallest absolute Gasteiger partial charge is 0.242 e. The molecule has 0 aromatic carbocycles. The molecule has 2 aliphatic rings. The van der Waals surface area contributed by atoms with Crippen LogP contribution in [-0.4, -0.2) is 47.3 Å². The molecular weight excluding hydrogens is 260 g/mol. The monoisotopic (exact) mass is 278 g/mol. The summed E-state index contributed by atoms with van der Waals surface area (Å²) in [5.41, 5.74) is 0. The summed E-state index contributed by atoms with van der Waals surface area (Å²) in [5.74, 6) is 0.232. The van der Waals surface area contributed by atoms with E-state index in [0.29, 0.717) is 25.6 Å². The molecule has 2 fully saturated rings. The summed E-state index contributed by atoms with van der Waals surface area (Å²) >= 11 is 1.68. The van der Waals surface area contributed by atoms with Gasteiger partial charge in [-0.1, -0.05) is 6.07 Å². The van der Waals surface area contributed by atoms with Crippen LogP contribution in [0.5, 0.6) is 0 Å². The molecule has 0 spiro atoms. The Kier molecular flexibility index (Phi) is 3.55. The highest BCUT2D eigenvalue weighted by atomic mass is 32.1. The standard InChI is InChI=1S/C14H18N2O2S/c17-13(6-5-12-2-1-9-19-12)15-7-8-16(11-3-4-11)14(18)10-15/h1-2,9,11H,3-8,10H2. The Morgan fingerprint density at radius 1 is 1.37 bits per heavy atom. The van der Waals surface area contributed by atoms with E-state index in [4.69, 9.17) is 0 Å². The highest BCUT2D eigenvalue weighted by Gasteiger charge is 2.36. The molecule has 5 heteroatoms. The van der Waals surface area contributed by atoms with Crippen LogP contribution in [0.2, 0.25) is 0 Å². The number of nitrogens with zero attached hydrogens (tertiary/aromatic N) is 2. The second kappa shape index (κ2) is 5.33. The molecule has 3 rings (SSSR count). The SMILES string of the molecule is O=C(CCc1cccs1)N1CCN(C2CC2)C(=O)C1. The highest BCUT2D eigenvalue weighted by Crippen LogP contribution is 2.28. The van der Waals surface area contributed by atoms with Crippen molar-refractivity contribution in [1.82, 2.24) is 9.80 Å². The van der Waals surface area contributed by atoms with Crippen LogP contribution < -0.4 is 0 Å². The summed E-state index contributed by atoms with van der Waals surface area (Å²) in [6.07, 6.45) is 3.57. The minimum absolute atomic E-state index is 0.109. The second-order valence-corrected chi connectivity index (χ2v) is 6.25. The maximum absolute atomic E-state index is 12.1. The largest absolute Gasteiger partial charge is 0.336 e. The first-order valence-electron chi connectivity index (χ1n) is 6.83. The molecule has 0 unspecified atom stereocenters. The molecule has 19 heavy (non-hydrogen) atoms. The number of carbonyl (C=O) groups is 2. The molecule has 1 aliphatic carbocycles. The number of thiophene rings is 1. The zero-order valence-electron chi connectivity index (χ0n) is 10.9. The molecule has 0 N–H and O–H groups in total. The molecule has 1 aliphatic heterocycles. The van der Waals surface area contributed by atoms with Crippen molar-refractivity contribution in [3.63, 3.8) is 0 Å². The van der Waals surface area contributed by atoms with Crippen LogP contribution in [-0.2, 0) is 16.0 Å². The third kappa shape index (κ3) is 2.97. The summed E-state index contributed by atoms with van der Waals surface area (Å²) in [5, 5.41) is 2.03. The van der Waals surface area contributed by atoms with Crippen LogP contribution in [0.15, 0.2) is 17.5 Å². The Bertz CT molecular complexity index is 468. The van der Waals surface area contributed by atoms with Crippen LogP contribution in [0.3, 0.4) is 0 Å². The first-order chi connectivity index (χ1) is 9.24. The maximum atomic E-state index is 12.1. The third-order valence-electron chi connectivity index (χ3n) is 3.76. The van der Waals surface area contributed by atoms with Crippen LogP contribution in [0.25, 0.3) is 0 Å². The van der Waals surface area contributed by atoms with Gasteiger partial charge in [-0.2, -0.15) is 0 Å². The van der Waals surface area contributed by atoms with Crippen molar-refractivity contribution >= 4 is 23.2 Å². The zero-order valence-corrected chi connectivity index (χ0v) is 11.7. The van der Waals surface area contributed by atoms with E-state index in [2.05, 4.69) is 0 Å². The van der Waals surface area contributed by atoms with E-state index in [0.717, 1.165) is 19.3 Å². The predicted octanol–water partition coefficient (Wildman–Crippen LogP) is 1.51. The number of amides is 2. The molecule has 1 aromatic rings. The van der Waals surface area contributed by atoms with Gasteiger partial charge in [0.05, 0.1) is 6.54 Å². The van der Waals surface area contributed by atoms with Crippen LogP contribution >= 0.6 is 11.3 Å². The van der Waals surface area contributed by atoms with Gasteiger partial charge in [0, 0.05) is 30.4 Å². The summed E-state index contributed by atoms with van der Waals surface area (Å²) in [7, 11) is 0. The van der Waals surface area contributed by atoms with Gasteiger partial charge < -0.3 is 9.80 Å². The van der Waals surface area contributed by atoms with Gasteiger partial charge >= 0.3 is 0 Å². The first-order valence-corrected chi connectivity index (χ1v) is 7.71. The fourth-order valence-corrected chi connectivity index (χ4v) is 3.22. The van der Waals surface area contributed by atoms with Crippen LogP contribution in [0.1, 0.15) is 24.1 Å². The zero-order chi connectivity index (χ0) is 13.2. The molecule has 1 saturated heterocycles. The molecule has 0 radical (unpaired) electrons. The van der Waals surface area contributed by atoms with E-state index in [1.165, 1.54) is 4.88 Å². The van der Waals surface area contributed by atoms with Crippen LogP contribution in [0, 0.1) is 0 Å². The Morgan fingerprint density at radius 2 is 2.21 bits per heavy atom. The van der Waals surface area contributed by atoms with Gasteiger partial charge in [0.25, 0.3) is 0 Å². The molecule has 0 bridgehead atoms. The summed E-state index contributed by atoms with van der Waals surface area (Å²) in [6, 6.07) is 4.52. The molecule has 1 aromatic heterocycles. The Labute approximate surface area is 117 Å². The molecule has 4 nitrogen and oxygen atoms in total. The normalized spacial score (nSPS) is 19.9. The lowest BCUT2D eigenvalue weighted by atomic mass is 10.2. The number of rotatable bonds is 4. The van der Waals surface area contributed by atoms with E-state index in [1.807, 2.05) is 22.4 Å². The van der Waals surface area contributed by atoms with Crippen molar-refractivity contribution in [2.24, 2.45) is 0 Å². The van der Waals surface area contributed by atoms with Gasteiger partial charge in [-0.05, 0) is 30.7 Å². The number of aryl methyl sites for hydroxylation is 1. The van der Waals surface area contributed by atoms with Crippen molar-refractivity contribution in [3.8, 4) is 0 Å². The lowest BCUT2D eigenvalue weighted by Gasteiger charge is -2.34. The molecule has 0 atom stereocenters. The summed E-state index contributed by atoms with van der Waals surface area (Å²) in [6.45, 7) is 1.69. The molecule has 2 heterocycles. The highest BCUT2D eigenvalue weighted by molar-refractivity contribution is 7.09. The van der Waals surface area contributed by atoms with Crippen molar-refractivity contribution in [2.45, 2.75) is 31.7 Å². The van der Waals surface area contributed by atoms with Gasteiger partial charge in [0.15, 0.2) is 0 Å². The minimum Gasteiger partial charge on any atom is -0.336 e. The van der Waals surface area contributed by atoms with Crippen molar-refractivity contribution in [1.29, 1.82) is 0 Å². The Hall–Kier alpha value is -1.36. The van der Waals surface area contributed by atoms with E-state index >= 15 is 0 Å². The third-order valence-corrected chi connectivity index (χ3v) is 4.70. The topological polar surface area (TPSA) is 40.6 Å². The van der Waals surface area contributed by atoms with E-state index in [9.17, 15) is 9.59 Å². The maximum Gasteiger partial charge on any atom is 0.242 e. The van der Waals surface area contributed by atoms with Crippen molar-refractivity contribution in [3.05, 3.63) is 22.4 Å². The van der Waals surface area contributed by atoms with Crippen molar-refractivity contribution in [2.75, 3.05) is 19.6 Å². The second-order valence-electron chi connectivity index (χ2n) is 5.21. The van der Waals surface area contributed by atoms with Gasteiger partial charge in [0.2, 0.25) is 11.8 Å². The van der Waals surface area contributed by atoms with Crippen LogP contribution in [0.4, 0.5) is 0 Å². The van der Waals surface area contributed by atoms with Crippen molar-refractivity contribution < 1.29 is 9.59 Å². The fraction of sp³-hybridized carbons (Fsp3) is 0.571. The molecule has 1 saturated carbocycles. The number of hydrogen-bond donors (Lipinski definition) is 0. The molecule has 102 valence electrons. The Balaban J connectivity index is 1.49. The van der Waals surface area contributed by atoms with Gasteiger partial charge in [-0.25, -0.2) is 0 Å². The fourth-order valence-electron chi connectivity index (χ4n) is 2.51. The molecular formula is C14H18N2O2S. The van der Waals surface area contributed by atoms with E-state index in [-0.39, 0.29) is 18.4 Å². The molecule has 2 amide bonds. The first kappa shape index (κ1) is 12.7. The van der Waals surface area contributed by atoms with Gasteiger partial charge in [-0.15, -0.1) is 11.3 Å². The number of hydrogen-bond acceptors (Lipinski definition) is 3. The van der Waals surface area contributed by atoms with E-state index in [1.54, 1.807) is 16.2 Å². The van der Waals surface area contributed by atoms with E-state index < -0.39 is 0 Å². The average molecular weight is 278 g/mol. The number of carbonyl (C=O) groups excluding carboxylic acids is 2. The summed E-state index contributed by atoms with van der Waals surface area (Å²) in [4.78, 5) is 28.9. The quantitative estimate of drug-likeness (QED) is 0.837. The predicted molar refractivity (Wildman–Crippen MR) is 74.0 cm³/mol. The average Bonchev–Trinajstić information content (AvgIpc) is 3.12. The van der Waals surface area contributed by atoms with Gasteiger partial charge in [-0.3, -0.25) is 9.59 Å².